The van der Waals surface area contributed by atoms with E-state index in [1.165, 1.54) is 16.9 Å². The van der Waals surface area contributed by atoms with Crippen LogP contribution in [-0.4, -0.2) is 14.5 Å². The van der Waals surface area contributed by atoms with Gasteiger partial charge in [-0.25, -0.2) is 9.97 Å². The summed E-state index contributed by atoms with van der Waals surface area (Å²) in [6.07, 6.45) is 4.93. The molecular weight excluding hydrogens is 733 g/mol. The summed E-state index contributed by atoms with van der Waals surface area (Å²) in [6, 6.07) is 62.5. The molecule has 0 spiro atoms. The number of rotatable bonds is 4. The van der Waals surface area contributed by atoms with Crippen molar-refractivity contribution in [3.05, 3.63) is 205 Å². The lowest BCUT2D eigenvalue weighted by Gasteiger charge is -2.29. The lowest BCUT2D eigenvalue weighted by molar-refractivity contribution is 0.621. The summed E-state index contributed by atoms with van der Waals surface area (Å²) >= 11 is 0. The van der Waals surface area contributed by atoms with E-state index in [1.807, 2.05) is 0 Å². The van der Waals surface area contributed by atoms with E-state index in [2.05, 4.69) is 204 Å². The molecule has 2 unspecified atom stereocenters. The van der Waals surface area contributed by atoms with Crippen LogP contribution in [0.4, 0.5) is 11.4 Å². The zero-order valence-electron chi connectivity index (χ0n) is 32.7. The minimum absolute atomic E-state index is 0.210. The zero-order chi connectivity index (χ0) is 39.5. The van der Waals surface area contributed by atoms with Crippen LogP contribution in [0.15, 0.2) is 198 Å². The van der Waals surface area contributed by atoms with E-state index >= 15 is 0 Å². The minimum atomic E-state index is 0.210. The molecule has 0 N–H and O–H groups in total. The number of hydrogen-bond acceptors (Lipinski definition) is 4. The van der Waals surface area contributed by atoms with Crippen molar-refractivity contribution in [2.75, 3.05) is 4.90 Å². The Kier molecular flexibility index (Phi) is 6.99. The Morgan fingerprint density at radius 1 is 0.583 bits per heavy atom. The summed E-state index contributed by atoms with van der Waals surface area (Å²) in [5.74, 6) is 1.04. The molecular formula is C55H36N4O. The number of aromatic nitrogens is 3. The molecule has 13 rings (SSSR count). The van der Waals surface area contributed by atoms with Crippen molar-refractivity contribution in [2.24, 2.45) is 5.92 Å². The summed E-state index contributed by atoms with van der Waals surface area (Å²) in [4.78, 5) is 13.5. The van der Waals surface area contributed by atoms with Crippen LogP contribution in [0.1, 0.15) is 24.0 Å². The number of hydrogen-bond donors (Lipinski definition) is 0. The van der Waals surface area contributed by atoms with Gasteiger partial charge in [-0.2, -0.15) is 0 Å². The summed E-state index contributed by atoms with van der Waals surface area (Å²) < 4.78 is 9.29. The quantitative estimate of drug-likeness (QED) is 0.179. The Hall–Kier alpha value is -7.76. The molecule has 8 aromatic carbocycles. The van der Waals surface area contributed by atoms with Gasteiger partial charge in [0.2, 0.25) is 5.95 Å². The molecule has 0 amide bonds. The number of para-hydroxylation sites is 4. The van der Waals surface area contributed by atoms with E-state index < -0.39 is 0 Å². The third-order valence-corrected chi connectivity index (χ3v) is 12.8. The van der Waals surface area contributed by atoms with Crippen molar-refractivity contribution in [2.45, 2.75) is 12.8 Å². The van der Waals surface area contributed by atoms with Crippen LogP contribution in [-0.2, 0) is 0 Å². The van der Waals surface area contributed by atoms with Gasteiger partial charge in [-0.1, -0.05) is 153 Å². The Morgan fingerprint density at radius 2 is 1.30 bits per heavy atom. The van der Waals surface area contributed by atoms with Gasteiger partial charge in [-0.3, -0.25) is 4.57 Å². The highest BCUT2D eigenvalue weighted by atomic mass is 16.3. The van der Waals surface area contributed by atoms with Gasteiger partial charge in [0.05, 0.1) is 27.6 Å². The second-order valence-corrected chi connectivity index (χ2v) is 16.2. The fourth-order valence-corrected chi connectivity index (χ4v) is 10.3. The third kappa shape index (κ3) is 4.69. The average Bonchev–Trinajstić information content (AvgIpc) is 3.97. The molecule has 0 saturated heterocycles. The second-order valence-electron chi connectivity index (χ2n) is 16.2. The van der Waals surface area contributed by atoms with Gasteiger partial charge in [0.15, 0.2) is 0 Å². The van der Waals surface area contributed by atoms with Crippen molar-refractivity contribution >= 4 is 82.4 Å². The van der Waals surface area contributed by atoms with Gasteiger partial charge in [0.25, 0.3) is 0 Å². The molecule has 1 aliphatic carbocycles. The van der Waals surface area contributed by atoms with Crippen LogP contribution in [0.3, 0.4) is 0 Å². The highest BCUT2D eigenvalue weighted by Crippen LogP contribution is 2.55. The number of allylic oxidation sites excluding steroid dienone is 4. The van der Waals surface area contributed by atoms with Gasteiger partial charge >= 0.3 is 0 Å². The first-order valence-electron chi connectivity index (χ1n) is 20.7. The maximum absolute atomic E-state index is 6.95. The highest BCUT2D eigenvalue weighted by molar-refractivity contribution is 6.29. The minimum Gasteiger partial charge on any atom is -0.455 e. The number of nitrogens with zero attached hydrogens (tertiary/aromatic N) is 4. The first-order chi connectivity index (χ1) is 29.7. The molecule has 1 aliphatic heterocycles. The molecule has 0 fully saturated rings. The molecule has 282 valence electrons. The van der Waals surface area contributed by atoms with Crippen molar-refractivity contribution in [1.82, 2.24) is 14.5 Å². The lowest BCUT2D eigenvalue weighted by atomic mass is 9.80. The van der Waals surface area contributed by atoms with Gasteiger partial charge < -0.3 is 9.32 Å². The molecule has 5 heteroatoms. The predicted molar refractivity (Wildman–Crippen MR) is 247 cm³/mol. The first kappa shape index (κ1) is 33.2. The largest absolute Gasteiger partial charge is 0.455 e. The standard InChI is InChI=1S/C55H36N4O/c1-33-30-36(31-47-49(33)41-24-11-14-26-46(41)58(47)37-19-6-3-7-20-37)43-32-44-39-22-12-15-27-48(39)60-54(44)50-42-29-28-34-16-8-9-21-38(34)52(42)59(53(43)50)55-56-45-25-13-10-23-40(45)51(57-55)35-17-4-2-5-18-35/h2-33,49H,1H3. The SMILES string of the molecule is CC1C=C(c2cc3c4ccccc4oc3c3c4ccc5ccccc5c4n(-c4nc(-c5ccccc5)c5ccccc5n4)c23)C=C2C1c1ccccc1N2c1ccccc1. The van der Waals surface area contributed by atoms with E-state index in [0.717, 1.165) is 93.5 Å². The van der Waals surface area contributed by atoms with Gasteiger partial charge in [-0.05, 0) is 64.9 Å². The average molecular weight is 769 g/mol. The fourth-order valence-electron chi connectivity index (χ4n) is 10.3. The molecule has 5 nitrogen and oxygen atoms in total. The fraction of sp³-hybridized carbons (Fsp3) is 0.0545. The Bertz CT molecular complexity index is 3630. The number of anilines is 2. The predicted octanol–water partition coefficient (Wildman–Crippen LogP) is 14.3. The molecule has 2 aliphatic rings. The molecule has 11 aromatic rings. The van der Waals surface area contributed by atoms with Gasteiger partial charge in [0.1, 0.15) is 11.2 Å². The topological polar surface area (TPSA) is 47.1 Å². The molecule has 3 aromatic heterocycles. The van der Waals surface area contributed by atoms with Crippen LogP contribution in [0, 0.1) is 5.92 Å². The molecule has 0 saturated carbocycles. The van der Waals surface area contributed by atoms with Crippen molar-refractivity contribution in [3.8, 4) is 17.2 Å². The molecule has 2 atom stereocenters. The van der Waals surface area contributed by atoms with E-state index in [1.54, 1.807) is 0 Å². The van der Waals surface area contributed by atoms with Crippen molar-refractivity contribution in [3.63, 3.8) is 0 Å². The number of fused-ring (bicyclic) bond motifs is 13. The van der Waals surface area contributed by atoms with Crippen LogP contribution in [0.25, 0.3) is 88.2 Å². The molecule has 60 heavy (non-hydrogen) atoms. The van der Waals surface area contributed by atoms with E-state index in [-0.39, 0.29) is 11.8 Å². The van der Waals surface area contributed by atoms with Crippen LogP contribution in [0.2, 0.25) is 0 Å². The highest BCUT2D eigenvalue weighted by Gasteiger charge is 2.40. The Morgan fingerprint density at radius 3 is 2.17 bits per heavy atom. The number of benzene rings is 8. The number of furan rings is 1. The normalized spacial score (nSPS) is 16.2. The monoisotopic (exact) mass is 768 g/mol. The summed E-state index contributed by atoms with van der Waals surface area (Å²) in [7, 11) is 0. The summed E-state index contributed by atoms with van der Waals surface area (Å²) in [5.41, 5.74) is 14.0. The lowest BCUT2D eigenvalue weighted by Crippen LogP contribution is -2.19. The summed E-state index contributed by atoms with van der Waals surface area (Å²) in [6.45, 7) is 2.37. The summed E-state index contributed by atoms with van der Waals surface area (Å²) in [5, 5.41) is 7.64. The maximum Gasteiger partial charge on any atom is 0.235 e. The van der Waals surface area contributed by atoms with Crippen LogP contribution in [0.5, 0.6) is 0 Å². The van der Waals surface area contributed by atoms with E-state index in [9.17, 15) is 0 Å². The molecule has 0 bridgehead atoms. The van der Waals surface area contributed by atoms with Crippen molar-refractivity contribution in [1.29, 1.82) is 0 Å². The van der Waals surface area contributed by atoms with Crippen LogP contribution >= 0.6 is 0 Å². The molecule has 0 radical (unpaired) electrons. The second kappa shape index (κ2) is 12.6. The van der Waals surface area contributed by atoms with Gasteiger partial charge in [0, 0.05) is 61.0 Å². The molecule has 4 heterocycles. The third-order valence-electron chi connectivity index (χ3n) is 12.8. The smallest absolute Gasteiger partial charge is 0.235 e. The van der Waals surface area contributed by atoms with Crippen LogP contribution < -0.4 is 4.90 Å². The first-order valence-corrected chi connectivity index (χ1v) is 20.7. The maximum atomic E-state index is 6.95. The van der Waals surface area contributed by atoms with Gasteiger partial charge in [-0.15, -0.1) is 0 Å². The Labute approximate surface area is 345 Å². The van der Waals surface area contributed by atoms with E-state index in [4.69, 9.17) is 14.4 Å². The Balaban J connectivity index is 1.20. The zero-order valence-corrected chi connectivity index (χ0v) is 32.7. The van der Waals surface area contributed by atoms with E-state index in [0.29, 0.717) is 5.95 Å². The van der Waals surface area contributed by atoms with Crippen molar-refractivity contribution < 1.29 is 4.42 Å².